The van der Waals surface area contributed by atoms with E-state index in [2.05, 4.69) is 15.2 Å². The first kappa shape index (κ1) is 21.8. The third-order valence-corrected chi connectivity index (χ3v) is 5.93. The minimum absolute atomic E-state index is 0.152. The third kappa shape index (κ3) is 4.42. The van der Waals surface area contributed by atoms with Crippen molar-refractivity contribution in [2.24, 2.45) is 0 Å². The summed E-state index contributed by atoms with van der Waals surface area (Å²) >= 11 is 0. The van der Waals surface area contributed by atoms with Crippen molar-refractivity contribution in [3.8, 4) is 11.4 Å². The summed E-state index contributed by atoms with van der Waals surface area (Å²) in [7, 11) is 1.58. The average Bonchev–Trinajstić information content (AvgIpc) is 3.22. The summed E-state index contributed by atoms with van der Waals surface area (Å²) in [5, 5.41) is 2.93. The molecule has 0 atom stereocenters. The summed E-state index contributed by atoms with van der Waals surface area (Å²) in [4.78, 5) is 26.1. The summed E-state index contributed by atoms with van der Waals surface area (Å²) in [6.45, 7) is 3.12. The van der Waals surface area contributed by atoms with Crippen molar-refractivity contribution >= 4 is 22.9 Å². The van der Waals surface area contributed by atoms with E-state index in [0.29, 0.717) is 55.5 Å². The fraction of sp³-hybridized carbons (Fsp3) is 0.240. The van der Waals surface area contributed by atoms with Crippen molar-refractivity contribution < 1.29 is 13.9 Å². The van der Waals surface area contributed by atoms with Crippen molar-refractivity contribution in [2.45, 2.75) is 6.54 Å². The number of aromatic nitrogens is 3. The predicted molar refractivity (Wildman–Crippen MR) is 128 cm³/mol. The number of hydrogen-bond donors (Lipinski definition) is 1. The van der Waals surface area contributed by atoms with Gasteiger partial charge in [-0.1, -0.05) is 18.2 Å². The minimum atomic E-state index is -0.309. The van der Waals surface area contributed by atoms with Crippen LogP contribution in [0.1, 0.15) is 5.82 Å². The Kier molecular flexibility index (Phi) is 6.09. The Bertz CT molecular complexity index is 1320. The number of urea groups is 1. The van der Waals surface area contributed by atoms with Gasteiger partial charge in [0.05, 0.1) is 25.0 Å². The number of carbonyl (C=O) groups excluding carboxylic acids is 1. The Morgan fingerprint density at radius 1 is 1.06 bits per heavy atom. The quantitative estimate of drug-likeness (QED) is 0.489. The molecule has 2 aromatic heterocycles. The van der Waals surface area contributed by atoms with Gasteiger partial charge < -0.3 is 15.0 Å². The van der Waals surface area contributed by atoms with E-state index in [1.165, 1.54) is 12.1 Å². The molecule has 0 unspecified atom stereocenters. The van der Waals surface area contributed by atoms with E-state index < -0.39 is 0 Å². The van der Waals surface area contributed by atoms with Crippen LogP contribution in [-0.4, -0.2) is 63.7 Å². The van der Waals surface area contributed by atoms with Crippen LogP contribution in [-0.2, 0) is 6.54 Å². The summed E-state index contributed by atoms with van der Waals surface area (Å²) in [5.41, 5.74) is 2.79. The van der Waals surface area contributed by atoms with E-state index in [4.69, 9.17) is 9.72 Å². The SMILES string of the molecule is COc1ccccc1NC(=O)N1CCN(Cc2nc3cccnc3n2-c2cccc(F)c2)CC1. The molecule has 0 saturated carbocycles. The topological polar surface area (TPSA) is 75.5 Å². The van der Waals surface area contributed by atoms with Gasteiger partial charge in [-0.25, -0.2) is 19.2 Å². The highest BCUT2D eigenvalue weighted by molar-refractivity contribution is 5.91. The van der Waals surface area contributed by atoms with Crippen LogP contribution >= 0.6 is 0 Å². The van der Waals surface area contributed by atoms with Gasteiger partial charge in [0.15, 0.2) is 5.65 Å². The summed E-state index contributed by atoms with van der Waals surface area (Å²) < 4.78 is 21.2. The number of ether oxygens (including phenoxy) is 1. The van der Waals surface area contributed by atoms with Crippen molar-refractivity contribution in [3.63, 3.8) is 0 Å². The number of para-hydroxylation sites is 2. The van der Waals surface area contributed by atoms with Crippen LogP contribution in [0, 0.1) is 5.82 Å². The van der Waals surface area contributed by atoms with Crippen molar-refractivity contribution in [3.05, 3.63) is 78.5 Å². The monoisotopic (exact) mass is 460 g/mol. The predicted octanol–water partition coefficient (Wildman–Crippen LogP) is 3.92. The van der Waals surface area contributed by atoms with E-state index in [0.717, 1.165) is 11.3 Å². The van der Waals surface area contributed by atoms with Gasteiger partial charge in [-0.3, -0.25) is 9.47 Å². The van der Waals surface area contributed by atoms with Gasteiger partial charge in [-0.2, -0.15) is 0 Å². The number of halogens is 1. The van der Waals surface area contributed by atoms with Crippen molar-refractivity contribution in [2.75, 3.05) is 38.6 Å². The molecule has 2 amide bonds. The lowest BCUT2D eigenvalue weighted by atomic mass is 10.3. The van der Waals surface area contributed by atoms with Gasteiger partial charge in [-0.05, 0) is 42.5 Å². The number of pyridine rings is 1. The number of rotatable bonds is 5. The first-order chi connectivity index (χ1) is 16.6. The lowest BCUT2D eigenvalue weighted by Crippen LogP contribution is -2.49. The highest BCUT2D eigenvalue weighted by Crippen LogP contribution is 2.24. The largest absolute Gasteiger partial charge is 0.495 e. The molecule has 0 aliphatic carbocycles. The van der Waals surface area contributed by atoms with Crippen molar-refractivity contribution in [1.82, 2.24) is 24.3 Å². The molecule has 0 bridgehead atoms. The van der Waals surface area contributed by atoms with Gasteiger partial charge in [0.25, 0.3) is 0 Å². The molecule has 1 N–H and O–H groups in total. The number of amides is 2. The molecule has 4 aromatic rings. The van der Waals surface area contributed by atoms with Gasteiger partial charge in [0.1, 0.15) is 22.9 Å². The molecule has 0 radical (unpaired) electrons. The number of nitrogens with one attached hydrogen (secondary N) is 1. The number of carbonyl (C=O) groups is 1. The van der Waals surface area contributed by atoms with E-state index in [1.807, 2.05) is 47.0 Å². The molecular weight excluding hydrogens is 435 g/mol. The normalized spacial score (nSPS) is 14.4. The second-order valence-corrected chi connectivity index (χ2v) is 8.08. The zero-order valence-electron chi connectivity index (χ0n) is 18.8. The van der Waals surface area contributed by atoms with Crippen LogP contribution in [0.2, 0.25) is 0 Å². The fourth-order valence-electron chi connectivity index (χ4n) is 4.20. The number of benzene rings is 2. The second kappa shape index (κ2) is 9.48. The van der Waals surface area contributed by atoms with E-state index in [1.54, 1.807) is 24.3 Å². The van der Waals surface area contributed by atoms with E-state index >= 15 is 0 Å². The van der Waals surface area contributed by atoms with Crippen LogP contribution in [0.25, 0.3) is 16.9 Å². The molecule has 8 nitrogen and oxygen atoms in total. The van der Waals surface area contributed by atoms with Gasteiger partial charge in [-0.15, -0.1) is 0 Å². The highest BCUT2D eigenvalue weighted by atomic mass is 19.1. The van der Waals surface area contributed by atoms with Crippen LogP contribution in [0.3, 0.4) is 0 Å². The zero-order valence-corrected chi connectivity index (χ0v) is 18.8. The number of nitrogens with zero attached hydrogens (tertiary/aromatic N) is 5. The summed E-state index contributed by atoms with van der Waals surface area (Å²) in [5.74, 6) is 1.10. The summed E-state index contributed by atoms with van der Waals surface area (Å²) in [6.07, 6.45) is 1.71. The van der Waals surface area contributed by atoms with E-state index in [9.17, 15) is 9.18 Å². The third-order valence-electron chi connectivity index (χ3n) is 5.93. The molecule has 174 valence electrons. The molecule has 5 rings (SSSR count). The maximum Gasteiger partial charge on any atom is 0.322 e. The molecule has 2 aromatic carbocycles. The molecule has 3 heterocycles. The maximum absolute atomic E-state index is 14.0. The molecular formula is C25H25FN6O2. The molecule has 0 spiro atoms. The molecule has 1 aliphatic heterocycles. The number of fused-ring (bicyclic) bond motifs is 1. The van der Waals surface area contributed by atoms with Gasteiger partial charge >= 0.3 is 6.03 Å². The Labute approximate surface area is 196 Å². The molecule has 9 heteroatoms. The molecule has 34 heavy (non-hydrogen) atoms. The van der Waals surface area contributed by atoms with Crippen LogP contribution in [0.15, 0.2) is 66.9 Å². The van der Waals surface area contributed by atoms with Gasteiger partial charge in [0.2, 0.25) is 0 Å². The fourth-order valence-corrected chi connectivity index (χ4v) is 4.20. The Morgan fingerprint density at radius 3 is 2.68 bits per heavy atom. The first-order valence-corrected chi connectivity index (χ1v) is 11.1. The highest BCUT2D eigenvalue weighted by Gasteiger charge is 2.24. The van der Waals surface area contributed by atoms with Gasteiger partial charge in [0, 0.05) is 32.4 Å². The number of hydrogen-bond acceptors (Lipinski definition) is 5. The average molecular weight is 461 g/mol. The smallest absolute Gasteiger partial charge is 0.322 e. The number of piperazine rings is 1. The number of anilines is 1. The van der Waals surface area contributed by atoms with Crippen LogP contribution in [0.5, 0.6) is 5.75 Å². The Hall–Kier alpha value is -3.98. The standard InChI is InChI=1S/C25H25FN6O2/c1-34-22-10-3-2-8-20(22)29-25(33)31-14-12-30(13-15-31)17-23-28-21-9-5-11-27-24(21)32(23)19-7-4-6-18(26)16-19/h2-11,16H,12-15,17H2,1H3,(H,29,33). The second-order valence-electron chi connectivity index (χ2n) is 8.08. The lowest BCUT2D eigenvalue weighted by molar-refractivity contribution is 0.140. The minimum Gasteiger partial charge on any atom is -0.495 e. The maximum atomic E-state index is 14.0. The Balaban J connectivity index is 1.29. The molecule has 1 aliphatic rings. The van der Waals surface area contributed by atoms with E-state index in [-0.39, 0.29) is 11.8 Å². The van der Waals surface area contributed by atoms with Crippen LogP contribution in [0.4, 0.5) is 14.9 Å². The lowest BCUT2D eigenvalue weighted by Gasteiger charge is -2.34. The summed E-state index contributed by atoms with van der Waals surface area (Å²) in [6, 6.07) is 17.4. The molecule has 1 fully saturated rings. The number of imidazole rings is 1. The molecule has 1 saturated heterocycles. The zero-order chi connectivity index (χ0) is 23.5. The van der Waals surface area contributed by atoms with Crippen LogP contribution < -0.4 is 10.1 Å². The number of methoxy groups -OCH3 is 1. The Morgan fingerprint density at radius 2 is 1.88 bits per heavy atom. The van der Waals surface area contributed by atoms with Crippen molar-refractivity contribution in [1.29, 1.82) is 0 Å². The first-order valence-electron chi connectivity index (χ1n) is 11.1.